The monoisotopic (exact) mass is 250 g/mol. The van der Waals surface area contributed by atoms with E-state index in [0.29, 0.717) is 0 Å². The van der Waals surface area contributed by atoms with Crippen molar-refractivity contribution in [1.82, 2.24) is 10.3 Å². The number of pyridine rings is 1. The first-order chi connectivity index (χ1) is 8.69. The fraction of sp³-hybridized carbons (Fsp3) is 0.571. The Kier molecular flexibility index (Phi) is 4.28. The molecular weight excluding hydrogens is 231 g/mol. The summed E-state index contributed by atoms with van der Waals surface area (Å²) in [6.45, 7) is 2.21. The Morgan fingerprint density at radius 3 is 2.67 bits per heavy atom. The van der Waals surface area contributed by atoms with Gasteiger partial charge in [0.2, 0.25) is 0 Å². The average Bonchev–Trinajstić information content (AvgIpc) is 2.40. The summed E-state index contributed by atoms with van der Waals surface area (Å²) in [6, 6.07) is 2.92. The van der Waals surface area contributed by atoms with Crippen molar-refractivity contribution >= 4 is 5.91 Å². The number of amides is 1. The summed E-state index contributed by atoms with van der Waals surface area (Å²) in [7, 11) is 0. The lowest BCUT2D eigenvalue weighted by atomic mass is 9.84. The molecule has 0 radical (unpaired) electrons. The maximum atomic E-state index is 12.7. The highest BCUT2D eigenvalue weighted by Crippen LogP contribution is 2.26. The molecule has 0 aliphatic heterocycles. The van der Waals surface area contributed by atoms with E-state index in [0.717, 1.165) is 25.0 Å². The first kappa shape index (κ1) is 13.0. The molecule has 1 amide bonds. The summed E-state index contributed by atoms with van der Waals surface area (Å²) in [5.74, 6) is 0.187. The summed E-state index contributed by atoms with van der Waals surface area (Å²) in [4.78, 5) is 15.7. The second-order valence-electron chi connectivity index (χ2n) is 4.96. The minimum Gasteiger partial charge on any atom is -0.348 e. The van der Waals surface area contributed by atoms with Crippen LogP contribution in [0.1, 0.15) is 49.5 Å². The van der Waals surface area contributed by atoms with E-state index in [1.165, 1.54) is 31.4 Å². The zero-order valence-electron chi connectivity index (χ0n) is 10.7. The zero-order valence-corrected chi connectivity index (χ0v) is 10.7. The standard InChI is InChI=1S/C14H19FN2O/c1-2-10-3-6-12(7-4-10)17-14(18)13-8-5-11(15)9-16-13/h5,8-10,12H,2-4,6-7H2,1H3,(H,17,18). The molecule has 1 saturated carbocycles. The first-order valence-electron chi connectivity index (χ1n) is 6.61. The molecule has 4 heteroatoms. The maximum absolute atomic E-state index is 12.7. The molecule has 0 atom stereocenters. The minimum absolute atomic E-state index is 0.199. The third-order valence-corrected chi connectivity index (χ3v) is 3.72. The van der Waals surface area contributed by atoms with Gasteiger partial charge in [-0.05, 0) is 43.7 Å². The highest BCUT2D eigenvalue weighted by molar-refractivity contribution is 5.92. The van der Waals surface area contributed by atoms with E-state index >= 15 is 0 Å². The SMILES string of the molecule is CCC1CCC(NC(=O)c2ccc(F)cn2)CC1. The Hall–Kier alpha value is -1.45. The Labute approximate surface area is 107 Å². The second kappa shape index (κ2) is 5.94. The predicted octanol–water partition coefficient (Wildman–Crippen LogP) is 2.92. The van der Waals surface area contributed by atoms with E-state index in [9.17, 15) is 9.18 Å². The van der Waals surface area contributed by atoms with Crippen molar-refractivity contribution in [1.29, 1.82) is 0 Å². The highest BCUT2D eigenvalue weighted by Gasteiger charge is 2.21. The number of aromatic nitrogens is 1. The van der Waals surface area contributed by atoms with Crippen LogP contribution < -0.4 is 5.32 Å². The second-order valence-corrected chi connectivity index (χ2v) is 4.96. The molecule has 0 aromatic carbocycles. The molecule has 1 aromatic rings. The molecule has 1 aliphatic carbocycles. The summed E-state index contributed by atoms with van der Waals surface area (Å²) < 4.78 is 12.7. The lowest BCUT2D eigenvalue weighted by Crippen LogP contribution is -2.37. The van der Waals surface area contributed by atoms with Crippen LogP contribution in [0.2, 0.25) is 0 Å². The van der Waals surface area contributed by atoms with Crippen LogP contribution in [-0.4, -0.2) is 16.9 Å². The number of rotatable bonds is 3. The lowest BCUT2D eigenvalue weighted by Gasteiger charge is -2.28. The molecule has 1 N–H and O–H groups in total. The van der Waals surface area contributed by atoms with Crippen LogP contribution in [0.15, 0.2) is 18.3 Å². The number of hydrogen-bond donors (Lipinski definition) is 1. The van der Waals surface area contributed by atoms with Crippen LogP contribution in [0, 0.1) is 11.7 Å². The van der Waals surface area contributed by atoms with Gasteiger partial charge in [-0.3, -0.25) is 4.79 Å². The van der Waals surface area contributed by atoms with Crippen molar-refractivity contribution in [2.45, 2.75) is 45.1 Å². The fourth-order valence-corrected chi connectivity index (χ4v) is 2.48. The van der Waals surface area contributed by atoms with Gasteiger partial charge >= 0.3 is 0 Å². The number of halogens is 1. The molecule has 0 bridgehead atoms. The summed E-state index contributed by atoms with van der Waals surface area (Å²) in [6.07, 6.45) is 6.72. The van der Waals surface area contributed by atoms with Gasteiger partial charge in [-0.1, -0.05) is 13.3 Å². The molecule has 0 unspecified atom stereocenters. The number of nitrogens with one attached hydrogen (secondary N) is 1. The van der Waals surface area contributed by atoms with Gasteiger partial charge in [-0.15, -0.1) is 0 Å². The fourth-order valence-electron chi connectivity index (χ4n) is 2.48. The van der Waals surface area contributed by atoms with Gasteiger partial charge in [0.1, 0.15) is 11.5 Å². The average molecular weight is 250 g/mol. The van der Waals surface area contributed by atoms with Crippen LogP contribution in [-0.2, 0) is 0 Å². The van der Waals surface area contributed by atoms with Crippen LogP contribution >= 0.6 is 0 Å². The molecular formula is C14H19FN2O. The van der Waals surface area contributed by atoms with E-state index < -0.39 is 5.82 Å². The molecule has 2 rings (SSSR count). The Bertz CT molecular complexity index is 397. The number of carbonyl (C=O) groups excluding carboxylic acids is 1. The molecule has 1 heterocycles. The quantitative estimate of drug-likeness (QED) is 0.896. The summed E-state index contributed by atoms with van der Waals surface area (Å²) in [5.41, 5.74) is 0.286. The third kappa shape index (κ3) is 3.28. The highest BCUT2D eigenvalue weighted by atomic mass is 19.1. The zero-order chi connectivity index (χ0) is 13.0. The maximum Gasteiger partial charge on any atom is 0.270 e. The Morgan fingerprint density at radius 2 is 2.11 bits per heavy atom. The third-order valence-electron chi connectivity index (χ3n) is 3.72. The van der Waals surface area contributed by atoms with E-state index in [2.05, 4.69) is 17.2 Å². The molecule has 1 fully saturated rings. The van der Waals surface area contributed by atoms with Crippen molar-refractivity contribution < 1.29 is 9.18 Å². The summed E-state index contributed by atoms with van der Waals surface area (Å²) >= 11 is 0. The number of hydrogen-bond acceptors (Lipinski definition) is 2. The molecule has 1 aliphatic rings. The topological polar surface area (TPSA) is 42.0 Å². The van der Waals surface area contributed by atoms with Gasteiger partial charge in [-0.25, -0.2) is 9.37 Å². The van der Waals surface area contributed by atoms with Crippen molar-refractivity contribution in [3.05, 3.63) is 29.8 Å². The number of nitrogens with zero attached hydrogens (tertiary/aromatic N) is 1. The van der Waals surface area contributed by atoms with E-state index in [-0.39, 0.29) is 17.6 Å². The van der Waals surface area contributed by atoms with Crippen LogP contribution in [0.3, 0.4) is 0 Å². The van der Waals surface area contributed by atoms with Crippen LogP contribution in [0.25, 0.3) is 0 Å². The minimum atomic E-state index is -0.421. The lowest BCUT2D eigenvalue weighted by molar-refractivity contribution is 0.0916. The molecule has 18 heavy (non-hydrogen) atoms. The Morgan fingerprint density at radius 1 is 1.39 bits per heavy atom. The molecule has 0 spiro atoms. The van der Waals surface area contributed by atoms with Crippen molar-refractivity contribution in [2.24, 2.45) is 5.92 Å². The van der Waals surface area contributed by atoms with Crippen molar-refractivity contribution in [3.63, 3.8) is 0 Å². The van der Waals surface area contributed by atoms with Crippen molar-refractivity contribution in [2.75, 3.05) is 0 Å². The van der Waals surface area contributed by atoms with Gasteiger partial charge in [0.05, 0.1) is 6.20 Å². The van der Waals surface area contributed by atoms with Gasteiger partial charge < -0.3 is 5.32 Å². The smallest absolute Gasteiger partial charge is 0.270 e. The first-order valence-corrected chi connectivity index (χ1v) is 6.61. The van der Waals surface area contributed by atoms with Gasteiger partial charge in [0.15, 0.2) is 0 Å². The molecule has 98 valence electrons. The van der Waals surface area contributed by atoms with E-state index in [1.54, 1.807) is 0 Å². The van der Waals surface area contributed by atoms with E-state index in [4.69, 9.17) is 0 Å². The van der Waals surface area contributed by atoms with Crippen LogP contribution in [0.4, 0.5) is 4.39 Å². The van der Waals surface area contributed by atoms with E-state index in [1.807, 2.05) is 0 Å². The predicted molar refractivity (Wildman–Crippen MR) is 67.7 cm³/mol. The molecule has 1 aromatic heterocycles. The van der Waals surface area contributed by atoms with Crippen LogP contribution in [0.5, 0.6) is 0 Å². The van der Waals surface area contributed by atoms with Gasteiger partial charge in [0.25, 0.3) is 5.91 Å². The normalized spacial score (nSPS) is 23.7. The molecule has 3 nitrogen and oxygen atoms in total. The summed E-state index contributed by atoms with van der Waals surface area (Å²) in [5, 5.41) is 2.98. The molecule has 0 saturated heterocycles. The van der Waals surface area contributed by atoms with Crippen molar-refractivity contribution in [3.8, 4) is 0 Å². The van der Waals surface area contributed by atoms with Gasteiger partial charge in [-0.2, -0.15) is 0 Å². The Balaban J connectivity index is 1.86. The largest absolute Gasteiger partial charge is 0.348 e. The number of carbonyl (C=O) groups is 1. The van der Waals surface area contributed by atoms with Gasteiger partial charge in [0, 0.05) is 6.04 Å².